The number of nitrogens with one attached hydrogen (secondary N) is 2. The number of rotatable bonds is 5. The summed E-state index contributed by atoms with van der Waals surface area (Å²) in [6.45, 7) is 0.544. The Morgan fingerprint density at radius 2 is 1.72 bits per heavy atom. The van der Waals surface area contributed by atoms with Crippen molar-refractivity contribution in [3.05, 3.63) is 89.9 Å². The van der Waals surface area contributed by atoms with Crippen LogP contribution < -0.4 is 15.4 Å². The fourth-order valence-corrected chi connectivity index (χ4v) is 2.29. The van der Waals surface area contributed by atoms with E-state index in [1.54, 1.807) is 12.1 Å². The van der Waals surface area contributed by atoms with E-state index < -0.39 is 5.91 Å². The molecule has 0 aliphatic heterocycles. The molecular formula is C19H17FN3O2+. The Morgan fingerprint density at radius 3 is 2.40 bits per heavy atom. The Labute approximate surface area is 144 Å². The molecule has 0 bridgehead atoms. The van der Waals surface area contributed by atoms with E-state index in [0.717, 1.165) is 10.3 Å². The number of hydrogen-bond donors (Lipinski definition) is 3. The molecule has 0 saturated carbocycles. The molecule has 0 atom stereocenters. The molecule has 3 aromatic rings. The zero-order valence-electron chi connectivity index (χ0n) is 13.3. The molecule has 3 N–H and O–H groups in total. The molecule has 0 saturated heterocycles. The zero-order valence-corrected chi connectivity index (χ0v) is 13.3. The molecule has 0 aliphatic rings. The molecule has 1 amide bonds. The summed E-state index contributed by atoms with van der Waals surface area (Å²) < 4.78 is 13.7. The fraction of sp³-hybridized carbons (Fsp3) is 0.0526. The molecule has 1 heterocycles. The van der Waals surface area contributed by atoms with Crippen LogP contribution in [0.2, 0.25) is 0 Å². The largest absolute Gasteiger partial charge is 0.350 e. The predicted molar refractivity (Wildman–Crippen MR) is 91.9 cm³/mol. The van der Waals surface area contributed by atoms with Crippen molar-refractivity contribution < 1.29 is 19.1 Å². The Bertz CT molecular complexity index is 868. The van der Waals surface area contributed by atoms with Crippen molar-refractivity contribution in [1.82, 2.24) is 0 Å². The van der Waals surface area contributed by atoms with Gasteiger partial charge in [-0.15, -0.1) is 0 Å². The van der Waals surface area contributed by atoms with Crippen LogP contribution in [0.25, 0.3) is 0 Å². The summed E-state index contributed by atoms with van der Waals surface area (Å²) in [5, 5.41) is 15.8. The van der Waals surface area contributed by atoms with Crippen LogP contribution in [-0.4, -0.2) is 11.1 Å². The summed E-state index contributed by atoms with van der Waals surface area (Å²) in [4.78, 5) is 12.2. The first-order valence-corrected chi connectivity index (χ1v) is 7.71. The number of nitrogens with zero attached hydrogens (tertiary/aromatic N) is 1. The van der Waals surface area contributed by atoms with E-state index in [1.807, 2.05) is 30.3 Å². The highest BCUT2D eigenvalue weighted by Crippen LogP contribution is 2.11. The Balaban J connectivity index is 1.66. The average Bonchev–Trinajstić information content (AvgIpc) is 2.63. The maximum absolute atomic E-state index is 12.9. The Morgan fingerprint density at radius 1 is 1.00 bits per heavy atom. The van der Waals surface area contributed by atoms with Crippen molar-refractivity contribution in [2.75, 3.05) is 10.6 Å². The molecule has 6 heteroatoms. The minimum absolute atomic E-state index is 0.275. The third kappa shape index (κ3) is 4.32. The van der Waals surface area contributed by atoms with Crippen molar-refractivity contribution in [2.24, 2.45) is 0 Å². The van der Waals surface area contributed by atoms with Crippen LogP contribution in [0.4, 0.5) is 15.9 Å². The SMILES string of the molecule is O=C(Nc1ccc(F)cc1)c1ccc(NCc2ccccc2)[n+](O)c1. The minimum Gasteiger partial charge on any atom is -0.350 e. The number of carbonyl (C=O) groups excluding carboxylic acids is 1. The zero-order chi connectivity index (χ0) is 17.6. The van der Waals surface area contributed by atoms with Gasteiger partial charge >= 0.3 is 5.82 Å². The molecule has 0 aliphatic carbocycles. The molecule has 0 fully saturated rings. The molecule has 126 valence electrons. The third-order valence-corrected chi connectivity index (χ3v) is 3.61. The summed E-state index contributed by atoms with van der Waals surface area (Å²) in [6, 6.07) is 18.4. The van der Waals surface area contributed by atoms with E-state index in [-0.39, 0.29) is 11.4 Å². The summed E-state index contributed by atoms with van der Waals surface area (Å²) in [6.07, 6.45) is 1.31. The van der Waals surface area contributed by atoms with E-state index in [1.165, 1.54) is 30.5 Å². The lowest BCUT2D eigenvalue weighted by atomic mass is 10.2. The lowest BCUT2D eigenvalue weighted by Gasteiger charge is -2.06. The smallest absolute Gasteiger partial charge is 0.314 e. The normalized spacial score (nSPS) is 10.3. The van der Waals surface area contributed by atoms with Gasteiger partial charge in [0, 0.05) is 11.8 Å². The average molecular weight is 338 g/mol. The van der Waals surface area contributed by atoms with E-state index >= 15 is 0 Å². The lowest BCUT2D eigenvalue weighted by molar-refractivity contribution is -0.893. The second-order valence-electron chi connectivity index (χ2n) is 5.45. The summed E-state index contributed by atoms with van der Waals surface area (Å²) in [5.41, 5.74) is 1.82. The van der Waals surface area contributed by atoms with E-state index in [2.05, 4.69) is 10.6 Å². The number of hydrogen-bond acceptors (Lipinski definition) is 3. The van der Waals surface area contributed by atoms with Crippen molar-refractivity contribution >= 4 is 17.4 Å². The first-order valence-electron chi connectivity index (χ1n) is 7.71. The van der Waals surface area contributed by atoms with E-state index in [0.29, 0.717) is 18.1 Å². The number of benzene rings is 2. The molecule has 0 spiro atoms. The first-order chi connectivity index (χ1) is 12.1. The maximum Gasteiger partial charge on any atom is 0.314 e. The van der Waals surface area contributed by atoms with Gasteiger partial charge in [0.05, 0.1) is 5.56 Å². The van der Waals surface area contributed by atoms with Crippen LogP contribution in [0, 0.1) is 5.82 Å². The molecule has 2 aromatic carbocycles. The predicted octanol–water partition coefficient (Wildman–Crippen LogP) is 3.21. The van der Waals surface area contributed by atoms with Gasteiger partial charge < -0.3 is 10.5 Å². The number of anilines is 2. The Hall–Kier alpha value is -3.41. The highest BCUT2D eigenvalue weighted by atomic mass is 19.1. The monoisotopic (exact) mass is 338 g/mol. The van der Waals surface area contributed by atoms with Crippen molar-refractivity contribution in [2.45, 2.75) is 6.54 Å². The molecule has 0 radical (unpaired) electrons. The number of carbonyl (C=O) groups is 1. The van der Waals surface area contributed by atoms with Gasteiger partial charge in [0.25, 0.3) is 5.91 Å². The van der Waals surface area contributed by atoms with Crippen LogP contribution in [0.15, 0.2) is 72.9 Å². The number of amides is 1. The quantitative estimate of drug-likeness (QED) is 0.494. The minimum atomic E-state index is -0.399. The maximum atomic E-state index is 12.9. The van der Waals surface area contributed by atoms with Gasteiger partial charge in [-0.25, -0.2) is 4.39 Å². The van der Waals surface area contributed by atoms with E-state index in [9.17, 15) is 14.4 Å². The molecule has 0 unspecified atom stereocenters. The van der Waals surface area contributed by atoms with E-state index in [4.69, 9.17) is 0 Å². The van der Waals surface area contributed by atoms with Gasteiger partial charge in [-0.2, -0.15) is 0 Å². The van der Waals surface area contributed by atoms with Gasteiger partial charge in [-0.3, -0.25) is 10.1 Å². The molecule has 5 nitrogen and oxygen atoms in total. The number of pyridine rings is 1. The van der Waals surface area contributed by atoms with Crippen LogP contribution >= 0.6 is 0 Å². The van der Waals surface area contributed by atoms with Gasteiger partial charge in [-0.1, -0.05) is 35.1 Å². The van der Waals surface area contributed by atoms with Crippen LogP contribution in [0.3, 0.4) is 0 Å². The first kappa shape index (κ1) is 16.4. The van der Waals surface area contributed by atoms with Gasteiger partial charge in [0.15, 0.2) is 0 Å². The molecule has 25 heavy (non-hydrogen) atoms. The highest BCUT2D eigenvalue weighted by Gasteiger charge is 2.14. The standard InChI is InChI=1S/C19H16FN3O2/c20-16-7-9-17(10-8-16)22-19(24)15-6-11-18(23(25)13-15)21-12-14-4-2-1-3-5-14/h1-11,13,25H,12H2,(H,22,24)/p+1. The van der Waals surface area contributed by atoms with Gasteiger partial charge in [0.1, 0.15) is 18.6 Å². The lowest BCUT2D eigenvalue weighted by Crippen LogP contribution is -2.35. The molecule has 3 rings (SSSR count). The second-order valence-corrected chi connectivity index (χ2v) is 5.45. The summed E-state index contributed by atoms with van der Waals surface area (Å²) in [5.74, 6) is -0.314. The summed E-state index contributed by atoms with van der Waals surface area (Å²) >= 11 is 0. The van der Waals surface area contributed by atoms with Gasteiger partial charge in [0.2, 0.25) is 0 Å². The van der Waals surface area contributed by atoms with Crippen molar-refractivity contribution in [3.8, 4) is 0 Å². The van der Waals surface area contributed by atoms with Crippen molar-refractivity contribution in [3.63, 3.8) is 0 Å². The van der Waals surface area contributed by atoms with Crippen molar-refractivity contribution in [1.29, 1.82) is 0 Å². The van der Waals surface area contributed by atoms with Gasteiger partial charge in [-0.05, 0) is 35.9 Å². The highest BCUT2D eigenvalue weighted by molar-refractivity contribution is 6.03. The number of halogens is 1. The van der Waals surface area contributed by atoms with Crippen LogP contribution in [0.1, 0.15) is 15.9 Å². The third-order valence-electron chi connectivity index (χ3n) is 3.61. The molecular weight excluding hydrogens is 321 g/mol. The van der Waals surface area contributed by atoms with Crippen LogP contribution in [-0.2, 0) is 6.54 Å². The fourth-order valence-electron chi connectivity index (χ4n) is 2.29. The summed E-state index contributed by atoms with van der Waals surface area (Å²) in [7, 11) is 0. The Kier molecular flexibility index (Phi) is 4.89. The molecule has 1 aromatic heterocycles. The second kappa shape index (κ2) is 7.44. The van der Waals surface area contributed by atoms with Crippen LogP contribution in [0.5, 0.6) is 0 Å². The topological polar surface area (TPSA) is 65.2 Å². The number of aromatic nitrogens is 1.